The molecule has 6 nitrogen and oxygen atoms in total. The topological polar surface area (TPSA) is 121 Å². The maximum absolute atomic E-state index is 11.8. The molecule has 0 aliphatic rings. The minimum atomic E-state index is -2.36. The number of aryl methyl sites for hydroxylation is 2. The van der Waals surface area contributed by atoms with E-state index in [0.29, 0.717) is 11.1 Å². The summed E-state index contributed by atoms with van der Waals surface area (Å²) in [7, 11) is 0. The molecular formula is C32H48O6. The zero-order chi connectivity index (χ0) is 28.3. The van der Waals surface area contributed by atoms with Crippen LogP contribution in [-0.4, -0.2) is 66.8 Å². The van der Waals surface area contributed by atoms with Crippen LogP contribution in [0, 0.1) is 0 Å². The van der Waals surface area contributed by atoms with Crippen molar-refractivity contribution in [3.63, 3.8) is 0 Å². The number of aliphatic hydroxyl groups excluding tert-OH is 4. The predicted octanol–water partition coefficient (Wildman–Crippen LogP) is 3.66. The fraction of sp³-hybridized carbons (Fsp3) is 0.562. The van der Waals surface area contributed by atoms with E-state index >= 15 is 0 Å². The van der Waals surface area contributed by atoms with Crippen LogP contribution in [-0.2, 0) is 25.7 Å². The van der Waals surface area contributed by atoms with Gasteiger partial charge in [0.1, 0.15) is 29.5 Å². The van der Waals surface area contributed by atoms with Crippen LogP contribution in [0.4, 0.5) is 0 Å². The summed E-state index contributed by atoms with van der Waals surface area (Å²) in [4.78, 5) is 0. The molecule has 0 heterocycles. The van der Waals surface area contributed by atoms with Crippen LogP contribution >= 0.6 is 0 Å². The molecule has 0 fully saturated rings. The fourth-order valence-corrected chi connectivity index (χ4v) is 5.13. The maximum Gasteiger partial charge on any atom is 0.126 e. The lowest BCUT2D eigenvalue weighted by molar-refractivity contribution is -0.228. The zero-order valence-corrected chi connectivity index (χ0v) is 23.3. The Kier molecular flexibility index (Phi) is 12.6. The van der Waals surface area contributed by atoms with E-state index in [9.17, 15) is 30.6 Å². The van der Waals surface area contributed by atoms with Gasteiger partial charge in [-0.2, -0.15) is 0 Å². The Balaban J connectivity index is 2.42. The average Bonchev–Trinajstić information content (AvgIpc) is 2.90. The summed E-state index contributed by atoms with van der Waals surface area (Å²) in [6, 6.07) is 15.3. The van der Waals surface area contributed by atoms with Gasteiger partial charge in [-0.25, -0.2) is 0 Å². The van der Waals surface area contributed by atoms with E-state index in [4.69, 9.17) is 0 Å². The highest BCUT2D eigenvalue weighted by Crippen LogP contribution is 2.36. The molecule has 0 aliphatic heterocycles. The minimum absolute atomic E-state index is 0.00467. The largest absolute Gasteiger partial charge is 0.394 e. The lowest BCUT2D eigenvalue weighted by Crippen LogP contribution is -2.66. The van der Waals surface area contributed by atoms with Gasteiger partial charge in [0.05, 0.1) is 6.61 Å². The Morgan fingerprint density at radius 1 is 0.763 bits per heavy atom. The molecule has 0 spiro atoms. The third-order valence-electron chi connectivity index (χ3n) is 7.34. The van der Waals surface area contributed by atoms with Crippen LogP contribution < -0.4 is 0 Å². The van der Waals surface area contributed by atoms with E-state index in [0.717, 1.165) is 49.7 Å². The van der Waals surface area contributed by atoms with Crippen LogP contribution in [0.25, 0.3) is 0 Å². The SMILES string of the molecule is C=C(C)CC(O)(Cc1ccc(CCCC)cc1)[C@@H](O)[C@@](O)(Cc1ccc(CCCC)cc1)[C@H](O)[C@@H](O)CO. The second kappa shape index (κ2) is 14.9. The molecule has 0 saturated carbocycles. The van der Waals surface area contributed by atoms with Gasteiger partial charge in [0.25, 0.3) is 0 Å². The number of unbranched alkanes of at least 4 members (excludes halogenated alkanes) is 2. The van der Waals surface area contributed by atoms with E-state index in [1.54, 1.807) is 6.92 Å². The first-order valence-electron chi connectivity index (χ1n) is 13.9. The first kappa shape index (κ1) is 32.2. The van der Waals surface area contributed by atoms with E-state index in [1.807, 2.05) is 48.5 Å². The van der Waals surface area contributed by atoms with Crippen LogP contribution in [0.3, 0.4) is 0 Å². The molecule has 212 valence electrons. The third-order valence-corrected chi connectivity index (χ3v) is 7.34. The van der Waals surface area contributed by atoms with Crippen molar-refractivity contribution < 1.29 is 30.6 Å². The summed E-state index contributed by atoms with van der Waals surface area (Å²) in [5.74, 6) is 0. The summed E-state index contributed by atoms with van der Waals surface area (Å²) in [5.41, 5.74) is 0.0192. The number of benzene rings is 2. The smallest absolute Gasteiger partial charge is 0.126 e. The van der Waals surface area contributed by atoms with E-state index in [1.165, 1.54) is 5.56 Å². The molecule has 6 heteroatoms. The standard InChI is InChI=1S/C32H48O6/c1-5-7-9-24-11-15-26(16-12-24)20-31(37,19-23(3)4)30(36)32(38,29(35)28(34)22-33)21-27-17-13-25(14-18-27)10-8-6-2/h11-18,28-30,33-38H,3,5-10,19-22H2,1-2,4H3/t28-,29+,30+,31?,32+/m0/s1. The van der Waals surface area contributed by atoms with Gasteiger partial charge in [0.2, 0.25) is 0 Å². The molecule has 6 N–H and O–H groups in total. The molecule has 2 aromatic carbocycles. The van der Waals surface area contributed by atoms with Gasteiger partial charge in [-0.3, -0.25) is 0 Å². The summed E-state index contributed by atoms with van der Waals surface area (Å²) in [6.07, 6.45) is 0.379. The lowest BCUT2D eigenvalue weighted by Gasteiger charge is -2.46. The van der Waals surface area contributed by atoms with Crippen LogP contribution in [0.5, 0.6) is 0 Å². The third kappa shape index (κ3) is 8.73. The van der Waals surface area contributed by atoms with Gasteiger partial charge >= 0.3 is 0 Å². The molecule has 0 aromatic heterocycles. The molecule has 0 radical (unpaired) electrons. The normalized spacial score (nSPS) is 17.3. The lowest BCUT2D eigenvalue weighted by atomic mass is 9.71. The first-order chi connectivity index (χ1) is 18.0. The highest BCUT2D eigenvalue weighted by atomic mass is 16.4. The molecule has 0 bridgehead atoms. The molecule has 1 unspecified atom stereocenters. The summed E-state index contributed by atoms with van der Waals surface area (Å²) in [6.45, 7) is 9.07. The molecule has 2 rings (SSSR count). The average molecular weight is 529 g/mol. The second-order valence-corrected chi connectivity index (χ2v) is 11.0. The molecule has 5 atom stereocenters. The monoisotopic (exact) mass is 528 g/mol. The van der Waals surface area contributed by atoms with E-state index in [2.05, 4.69) is 20.4 Å². The van der Waals surface area contributed by atoms with Crippen molar-refractivity contribution >= 4 is 0 Å². The number of hydrogen-bond acceptors (Lipinski definition) is 6. The van der Waals surface area contributed by atoms with Crippen molar-refractivity contribution in [2.24, 2.45) is 0 Å². The van der Waals surface area contributed by atoms with Crippen LogP contribution in [0.15, 0.2) is 60.7 Å². The van der Waals surface area contributed by atoms with Gasteiger partial charge in [-0.15, -0.1) is 6.58 Å². The van der Waals surface area contributed by atoms with Gasteiger partial charge in [0, 0.05) is 12.8 Å². The Morgan fingerprint density at radius 2 is 1.18 bits per heavy atom. The Labute approximate surface area is 228 Å². The summed E-state index contributed by atoms with van der Waals surface area (Å²) < 4.78 is 0. The van der Waals surface area contributed by atoms with Crippen molar-refractivity contribution in [1.29, 1.82) is 0 Å². The van der Waals surface area contributed by atoms with E-state index in [-0.39, 0.29) is 19.3 Å². The van der Waals surface area contributed by atoms with Crippen molar-refractivity contribution in [3.05, 3.63) is 82.9 Å². The number of hydrogen-bond donors (Lipinski definition) is 6. The fourth-order valence-electron chi connectivity index (χ4n) is 5.13. The molecule has 0 saturated heterocycles. The van der Waals surface area contributed by atoms with Crippen molar-refractivity contribution in [3.8, 4) is 0 Å². The Morgan fingerprint density at radius 3 is 1.58 bits per heavy atom. The predicted molar refractivity (Wildman–Crippen MR) is 152 cm³/mol. The zero-order valence-electron chi connectivity index (χ0n) is 23.3. The quantitative estimate of drug-likeness (QED) is 0.174. The van der Waals surface area contributed by atoms with E-state index < -0.39 is 36.1 Å². The van der Waals surface area contributed by atoms with Crippen LogP contribution in [0.1, 0.15) is 75.1 Å². The molecular weight excluding hydrogens is 480 g/mol. The van der Waals surface area contributed by atoms with Crippen molar-refractivity contribution in [2.75, 3.05) is 6.61 Å². The molecule has 38 heavy (non-hydrogen) atoms. The van der Waals surface area contributed by atoms with Gasteiger partial charge < -0.3 is 30.6 Å². The van der Waals surface area contributed by atoms with Crippen molar-refractivity contribution in [2.45, 2.75) is 108 Å². The van der Waals surface area contributed by atoms with Gasteiger partial charge in [-0.05, 0) is 61.3 Å². The van der Waals surface area contributed by atoms with Crippen LogP contribution in [0.2, 0.25) is 0 Å². The van der Waals surface area contributed by atoms with Gasteiger partial charge in [-0.1, -0.05) is 80.8 Å². The first-order valence-corrected chi connectivity index (χ1v) is 13.9. The number of rotatable bonds is 17. The molecule has 0 amide bonds. The summed E-state index contributed by atoms with van der Waals surface area (Å²) in [5, 5.41) is 66.1. The highest BCUT2D eigenvalue weighted by molar-refractivity contribution is 5.28. The summed E-state index contributed by atoms with van der Waals surface area (Å²) >= 11 is 0. The molecule has 0 aliphatic carbocycles. The second-order valence-electron chi connectivity index (χ2n) is 11.0. The maximum atomic E-state index is 11.8. The minimum Gasteiger partial charge on any atom is -0.394 e. The highest BCUT2D eigenvalue weighted by Gasteiger charge is 2.54. The Bertz CT molecular complexity index is 972. The number of aliphatic hydroxyl groups is 6. The van der Waals surface area contributed by atoms with Crippen molar-refractivity contribution in [1.82, 2.24) is 0 Å². The Hall–Kier alpha value is -2.06. The van der Waals surface area contributed by atoms with Gasteiger partial charge in [0.15, 0.2) is 0 Å². The molecule has 2 aromatic rings.